The molecule has 0 saturated carbocycles. The predicted octanol–water partition coefficient (Wildman–Crippen LogP) is 1.56. The van der Waals surface area contributed by atoms with E-state index < -0.39 is 23.0 Å². The van der Waals surface area contributed by atoms with Crippen molar-refractivity contribution in [2.75, 3.05) is 6.61 Å². The third kappa shape index (κ3) is 3.72. The number of amides is 3. The zero-order valence-corrected chi connectivity index (χ0v) is 16.5. The number of fused-ring (bicyclic) bond motifs is 1. The third-order valence-corrected chi connectivity index (χ3v) is 4.87. The standard InChI is InChI=1S/C20H24N2O6/c1-19(2,3)28-16(24)11-27-14-7-5-6-12-13(14)10-22(17(12)25)20(4)9-8-15(23)21-18(20)26/h5-7H,8-11H2,1-4H3,(H,21,23,26). The number of nitrogens with one attached hydrogen (secondary N) is 1. The number of carbonyl (C=O) groups excluding carboxylic acids is 4. The first-order valence-electron chi connectivity index (χ1n) is 9.14. The number of hydrogen-bond donors (Lipinski definition) is 1. The summed E-state index contributed by atoms with van der Waals surface area (Å²) in [7, 11) is 0. The Bertz CT molecular complexity index is 857. The van der Waals surface area contributed by atoms with Gasteiger partial charge in [0.25, 0.3) is 11.8 Å². The van der Waals surface area contributed by atoms with Gasteiger partial charge in [-0.3, -0.25) is 19.7 Å². The summed E-state index contributed by atoms with van der Waals surface area (Å²) < 4.78 is 10.8. The number of esters is 1. The van der Waals surface area contributed by atoms with Gasteiger partial charge in [-0.05, 0) is 46.2 Å². The maximum atomic E-state index is 12.9. The number of carbonyl (C=O) groups is 4. The molecule has 1 aromatic carbocycles. The predicted molar refractivity (Wildman–Crippen MR) is 98.4 cm³/mol. The average molecular weight is 388 g/mol. The molecule has 28 heavy (non-hydrogen) atoms. The Hall–Kier alpha value is -2.90. The van der Waals surface area contributed by atoms with E-state index in [2.05, 4.69) is 5.32 Å². The van der Waals surface area contributed by atoms with Crippen molar-refractivity contribution in [1.29, 1.82) is 0 Å². The summed E-state index contributed by atoms with van der Waals surface area (Å²) in [6.45, 7) is 6.83. The summed E-state index contributed by atoms with van der Waals surface area (Å²) in [5.41, 5.74) is -0.701. The van der Waals surface area contributed by atoms with Crippen LogP contribution in [-0.4, -0.2) is 46.3 Å². The van der Waals surface area contributed by atoms with Gasteiger partial charge in [0.15, 0.2) is 6.61 Å². The first kappa shape index (κ1) is 19.9. The zero-order valence-electron chi connectivity index (χ0n) is 16.5. The van der Waals surface area contributed by atoms with E-state index in [1.165, 1.54) is 4.90 Å². The van der Waals surface area contributed by atoms with Crippen molar-refractivity contribution in [2.24, 2.45) is 0 Å². The van der Waals surface area contributed by atoms with Crippen LogP contribution in [0.3, 0.4) is 0 Å². The summed E-state index contributed by atoms with van der Waals surface area (Å²) in [6.07, 6.45) is 0.426. The van der Waals surface area contributed by atoms with Crippen molar-refractivity contribution < 1.29 is 28.7 Å². The molecule has 1 atom stereocenters. The maximum Gasteiger partial charge on any atom is 0.344 e. The monoisotopic (exact) mass is 388 g/mol. The van der Waals surface area contributed by atoms with Crippen molar-refractivity contribution in [1.82, 2.24) is 10.2 Å². The summed E-state index contributed by atoms with van der Waals surface area (Å²) in [5.74, 6) is -1.24. The Kier molecular flexibility index (Phi) is 4.91. The molecule has 2 aliphatic heterocycles. The topological polar surface area (TPSA) is 102 Å². The molecule has 2 heterocycles. The van der Waals surface area contributed by atoms with Gasteiger partial charge < -0.3 is 14.4 Å². The fourth-order valence-electron chi connectivity index (χ4n) is 3.40. The Morgan fingerprint density at radius 3 is 2.61 bits per heavy atom. The molecule has 8 heteroatoms. The zero-order chi connectivity index (χ0) is 20.7. The minimum atomic E-state index is -1.12. The largest absolute Gasteiger partial charge is 0.482 e. The highest BCUT2D eigenvalue weighted by molar-refractivity contribution is 6.07. The van der Waals surface area contributed by atoms with Crippen LogP contribution in [0.25, 0.3) is 0 Å². The van der Waals surface area contributed by atoms with Crippen LogP contribution in [0.4, 0.5) is 0 Å². The molecule has 3 amide bonds. The highest BCUT2D eigenvalue weighted by Crippen LogP contribution is 2.37. The van der Waals surface area contributed by atoms with Crippen LogP contribution in [0, 0.1) is 0 Å². The normalized spacial score (nSPS) is 22.0. The second kappa shape index (κ2) is 6.92. The molecule has 150 valence electrons. The van der Waals surface area contributed by atoms with Crippen LogP contribution in [0.5, 0.6) is 5.75 Å². The molecule has 0 bridgehead atoms. The number of ether oxygens (including phenoxy) is 2. The van der Waals surface area contributed by atoms with Gasteiger partial charge in [0, 0.05) is 17.5 Å². The molecule has 2 aliphatic rings. The number of hydrogen-bond acceptors (Lipinski definition) is 6. The van der Waals surface area contributed by atoms with E-state index in [1.54, 1.807) is 45.9 Å². The van der Waals surface area contributed by atoms with Gasteiger partial charge in [-0.15, -0.1) is 0 Å². The minimum absolute atomic E-state index is 0.163. The van der Waals surface area contributed by atoms with Crippen molar-refractivity contribution in [3.05, 3.63) is 29.3 Å². The SMILES string of the molecule is CC(C)(C)OC(=O)COc1cccc2c1CN(C1(C)CCC(=O)NC1=O)C2=O. The van der Waals surface area contributed by atoms with Crippen LogP contribution in [0.15, 0.2) is 18.2 Å². The Morgan fingerprint density at radius 2 is 1.96 bits per heavy atom. The van der Waals surface area contributed by atoms with Crippen LogP contribution in [-0.2, 0) is 25.7 Å². The fourth-order valence-corrected chi connectivity index (χ4v) is 3.40. The highest BCUT2D eigenvalue weighted by atomic mass is 16.6. The fraction of sp³-hybridized carbons (Fsp3) is 0.500. The van der Waals surface area contributed by atoms with Crippen LogP contribution >= 0.6 is 0 Å². The lowest BCUT2D eigenvalue weighted by Crippen LogP contribution is -2.61. The first-order chi connectivity index (χ1) is 13.0. The number of imide groups is 1. The number of benzene rings is 1. The molecule has 1 unspecified atom stereocenters. The van der Waals surface area contributed by atoms with Crippen LogP contribution in [0.1, 0.15) is 56.5 Å². The lowest BCUT2D eigenvalue weighted by Gasteiger charge is -2.39. The molecule has 1 aromatic rings. The van der Waals surface area contributed by atoms with Gasteiger partial charge in [-0.2, -0.15) is 0 Å². The lowest BCUT2D eigenvalue weighted by molar-refractivity contribution is -0.157. The number of nitrogens with zero attached hydrogens (tertiary/aromatic N) is 1. The second-order valence-corrected chi connectivity index (χ2v) is 8.20. The number of rotatable bonds is 4. The van der Waals surface area contributed by atoms with Crippen LogP contribution in [0.2, 0.25) is 0 Å². The molecule has 0 spiro atoms. The van der Waals surface area contributed by atoms with E-state index in [1.807, 2.05) is 0 Å². The van der Waals surface area contributed by atoms with Crippen molar-refractivity contribution in [3.8, 4) is 5.75 Å². The summed E-state index contributed by atoms with van der Waals surface area (Å²) in [4.78, 5) is 50.2. The molecule has 1 fully saturated rings. The third-order valence-electron chi connectivity index (χ3n) is 4.87. The Morgan fingerprint density at radius 1 is 1.25 bits per heavy atom. The van der Waals surface area contributed by atoms with Gasteiger partial charge in [0.2, 0.25) is 5.91 Å². The van der Waals surface area contributed by atoms with E-state index in [-0.39, 0.29) is 37.8 Å². The molecular weight excluding hydrogens is 364 g/mol. The first-order valence-corrected chi connectivity index (χ1v) is 9.14. The average Bonchev–Trinajstić information content (AvgIpc) is 2.93. The smallest absolute Gasteiger partial charge is 0.344 e. The van der Waals surface area contributed by atoms with Gasteiger partial charge in [-0.1, -0.05) is 6.07 Å². The quantitative estimate of drug-likeness (QED) is 0.620. The van der Waals surface area contributed by atoms with Gasteiger partial charge >= 0.3 is 5.97 Å². The van der Waals surface area contributed by atoms with Crippen molar-refractivity contribution in [2.45, 2.75) is 58.2 Å². The summed E-state index contributed by atoms with van der Waals surface area (Å²) in [6, 6.07) is 5.00. The molecule has 0 radical (unpaired) electrons. The van der Waals surface area contributed by atoms with E-state index in [9.17, 15) is 19.2 Å². The molecule has 3 rings (SSSR count). The lowest BCUT2D eigenvalue weighted by atomic mass is 9.89. The van der Waals surface area contributed by atoms with E-state index in [0.29, 0.717) is 16.9 Å². The van der Waals surface area contributed by atoms with Crippen molar-refractivity contribution in [3.63, 3.8) is 0 Å². The van der Waals surface area contributed by atoms with E-state index in [0.717, 1.165) is 0 Å². The van der Waals surface area contributed by atoms with Crippen LogP contribution < -0.4 is 10.1 Å². The maximum absolute atomic E-state index is 12.9. The van der Waals surface area contributed by atoms with E-state index in [4.69, 9.17) is 9.47 Å². The summed E-state index contributed by atoms with van der Waals surface area (Å²) >= 11 is 0. The minimum Gasteiger partial charge on any atom is -0.482 e. The van der Waals surface area contributed by atoms with Gasteiger partial charge in [-0.25, -0.2) is 4.79 Å². The molecule has 1 N–H and O–H groups in total. The molecule has 0 aromatic heterocycles. The highest BCUT2D eigenvalue weighted by Gasteiger charge is 2.49. The van der Waals surface area contributed by atoms with E-state index >= 15 is 0 Å². The molecule has 1 saturated heterocycles. The van der Waals surface area contributed by atoms with Gasteiger partial charge in [0.1, 0.15) is 16.9 Å². The summed E-state index contributed by atoms with van der Waals surface area (Å²) in [5, 5.41) is 2.31. The van der Waals surface area contributed by atoms with Crippen molar-refractivity contribution >= 4 is 23.7 Å². The molecular formula is C20H24N2O6. The molecule has 8 nitrogen and oxygen atoms in total. The Balaban J connectivity index is 1.78. The Labute approximate surface area is 163 Å². The van der Waals surface area contributed by atoms with Gasteiger partial charge in [0.05, 0.1) is 6.54 Å². The number of piperidine rings is 1. The second-order valence-electron chi connectivity index (χ2n) is 8.20. The molecule has 0 aliphatic carbocycles.